The number of nitrogens with one attached hydrogen (secondary N) is 1. The fourth-order valence-corrected chi connectivity index (χ4v) is 3.75. The smallest absolute Gasteiger partial charge is 0.343 e. The number of aryl methyl sites for hydroxylation is 1. The molecular formula is C30H25BrN2O5. The van der Waals surface area contributed by atoms with E-state index in [0.717, 1.165) is 15.6 Å². The summed E-state index contributed by atoms with van der Waals surface area (Å²) < 4.78 is 17.6. The minimum Gasteiger partial charge on any atom is -0.489 e. The molecule has 1 amide bonds. The molecule has 0 aromatic heterocycles. The molecule has 0 aliphatic heterocycles. The third-order valence-corrected chi connectivity index (χ3v) is 5.76. The van der Waals surface area contributed by atoms with Crippen LogP contribution in [0.3, 0.4) is 0 Å². The number of rotatable bonds is 10. The van der Waals surface area contributed by atoms with Gasteiger partial charge in [-0.05, 0) is 67.1 Å². The highest BCUT2D eigenvalue weighted by atomic mass is 79.9. The predicted molar refractivity (Wildman–Crippen MR) is 149 cm³/mol. The highest BCUT2D eigenvalue weighted by Gasteiger charge is 2.12. The third kappa shape index (κ3) is 8.04. The number of hydrogen-bond acceptors (Lipinski definition) is 6. The molecule has 4 rings (SSSR count). The average molecular weight is 573 g/mol. The van der Waals surface area contributed by atoms with Crippen molar-refractivity contribution in [3.05, 3.63) is 124 Å². The number of carbonyl (C=O) groups is 2. The van der Waals surface area contributed by atoms with E-state index in [0.29, 0.717) is 35.0 Å². The van der Waals surface area contributed by atoms with Gasteiger partial charge in [-0.25, -0.2) is 10.2 Å². The van der Waals surface area contributed by atoms with Crippen molar-refractivity contribution in [1.29, 1.82) is 0 Å². The monoisotopic (exact) mass is 572 g/mol. The van der Waals surface area contributed by atoms with E-state index in [1.807, 2.05) is 43.3 Å². The molecule has 4 aromatic carbocycles. The van der Waals surface area contributed by atoms with E-state index < -0.39 is 11.9 Å². The van der Waals surface area contributed by atoms with Gasteiger partial charge in [0.15, 0.2) is 6.61 Å². The molecule has 0 saturated heterocycles. The number of nitrogens with zero attached hydrogens (tertiary/aromatic N) is 1. The highest BCUT2D eigenvalue weighted by molar-refractivity contribution is 9.10. The van der Waals surface area contributed by atoms with Crippen molar-refractivity contribution in [2.24, 2.45) is 5.10 Å². The minimum atomic E-state index is -0.486. The summed E-state index contributed by atoms with van der Waals surface area (Å²) in [5, 5.41) is 3.98. The van der Waals surface area contributed by atoms with Crippen LogP contribution >= 0.6 is 15.9 Å². The van der Waals surface area contributed by atoms with Gasteiger partial charge in [0.25, 0.3) is 5.91 Å². The molecule has 192 valence electrons. The van der Waals surface area contributed by atoms with Crippen LogP contribution in [0.1, 0.15) is 27.0 Å². The zero-order valence-electron chi connectivity index (χ0n) is 20.6. The Morgan fingerprint density at radius 2 is 1.61 bits per heavy atom. The topological polar surface area (TPSA) is 86.2 Å². The van der Waals surface area contributed by atoms with Crippen molar-refractivity contribution < 1.29 is 23.8 Å². The van der Waals surface area contributed by atoms with E-state index in [4.69, 9.17) is 14.2 Å². The second kappa shape index (κ2) is 13.2. The lowest BCUT2D eigenvalue weighted by molar-refractivity contribution is -0.123. The third-order valence-electron chi connectivity index (χ3n) is 5.26. The van der Waals surface area contributed by atoms with Gasteiger partial charge in [-0.1, -0.05) is 64.0 Å². The van der Waals surface area contributed by atoms with Crippen LogP contribution in [0.15, 0.2) is 107 Å². The number of amides is 1. The van der Waals surface area contributed by atoms with Crippen LogP contribution in [0.5, 0.6) is 17.2 Å². The van der Waals surface area contributed by atoms with Crippen molar-refractivity contribution >= 4 is 34.0 Å². The van der Waals surface area contributed by atoms with Crippen LogP contribution in [0.4, 0.5) is 0 Å². The first-order chi connectivity index (χ1) is 18.5. The number of esters is 1. The summed E-state index contributed by atoms with van der Waals surface area (Å²) in [6.07, 6.45) is 1.40. The standard InChI is InChI=1S/C30H25BrN2O5/c1-21-6-5-9-23(16-21)30(35)38-28-15-10-25(31)17-24(28)18-32-33-29(34)20-37-27-13-11-26(12-14-27)36-19-22-7-3-2-4-8-22/h2-18H,19-20H2,1H3,(H,33,34). The molecule has 0 fully saturated rings. The Kier molecular flexibility index (Phi) is 9.26. The van der Waals surface area contributed by atoms with Crippen LogP contribution in [0, 0.1) is 6.92 Å². The summed E-state index contributed by atoms with van der Waals surface area (Å²) in [5.41, 5.74) is 5.39. The van der Waals surface area contributed by atoms with Crippen LogP contribution in [0.2, 0.25) is 0 Å². The van der Waals surface area contributed by atoms with Gasteiger partial charge >= 0.3 is 5.97 Å². The molecule has 0 saturated carbocycles. The van der Waals surface area contributed by atoms with Gasteiger partial charge in [-0.2, -0.15) is 5.10 Å². The van der Waals surface area contributed by atoms with Crippen LogP contribution in [0.25, 0.3) is 0 Å². The van der Waals surface area contributed by atoms with E-state index in [9.17, 15) is 9.59 Å². The SMILES string of the molecule is Cc1cccc(C(=O)Oc2ccc(Br)cc2C=NNC(=O)COc2ccc(OCc3ccccc3)cc2)c1. The summed E-state index contributed by atoms with van der Waals surface area (Å²) in [6, 6.07) is 29.1. The molecule has 1 N–H and O–H groups in total. The summed E-state index contributed by atoms with van der Waals surface area (Å²) in [6.45, 7) is 2.14. The molecule has 0 bridgehead atoms. The van der Waals surface area contributed by atoms with Crippen LogP contribution in [-0.2, 0) is 11.4 Å². The van der Waals surface area contributed by atoms with E-state index in [2.05, 4.69) is 26.5 Å². The molecule has 0 atom stereocenters. The first-order valence-corrected chi connectivity index (χ1v) is 12.6. The molecule has 0 heterocycles. The maximum atomic E-state index is 12.6. The molecule has 0 aliphatic rings. The van der Waals surface area contributed by atoms with Crippen molar-refractivity contribution in [2.75, 3.05) is 6.61 Å². The second-order valence-electron chi connectivity index (χ2n) is 8.27. The first kappa shape index (κ1) is 26.6. The lowest BCUT2D eigenvalue weighted by atomic mass is 10.1. The summed E-state index contributed by atoms with van der Waals surface area (Å²) >= 11 is 3.40. The molecule has 0 radical (unpaired) electrons. The Morgan fingerprint density at radius 1 is 0.868 bits per heavy atom. The number of ether oxygens (including phenoxy) is 3. The first-order valence-electron chi connectivity index (χ1n) is 11.8. The van der Waals surface area contributed by atoms with Gasteiger partial charge in [0.2, 0.25) is 0 Å². The highest BCUT2D eigenvalue weighted by Crippen LogP contribution is 2.23. The van der Waals surface area contributed by atoms with Crippen LogP contribution < -0.4 is 19.6 Å². The molecule has 38 heavy (non-hydrogen) atoms. The number of halogens is 1. The average Bonchev–Trinajstić information content (AvgIpc) is 2.93. The Labute approximate surface area is 229 Å². The Morgan fingerprint density at radius 3 is 2.34 bits per heavy atom. The molecular weight excluding hydrogens is 548 g/mol. The summed E-state index contributed by atoms with van der Waals surface area (Å²) in [7, 11) is 0. The van der Waals surface area contributed by atoms with Gasteiger partial charge in [0.05, 0.1) is 11.8 Å². The van der Waals surface area contributed by atoms with E-state index in [1.165, 1.54) is 6.21 Å². The van der Waals surface area contributed by atoms with Crippen LogP contribution in [-0.4, -0.2) is 24.7 Å². The zero-order valence-corrected chi connectivity index (χ0v) is 22.2. The number of hydrogen-bond donors (Lipinski definition) is 1. The van der Waals surface area contributed by atoms with E-state index >= 15 is 0 Å². The lowest BCUT2D eigenvalue weighted by Crippen LogP contribution is -2.24. The predicted octanol–water partition coefficient (Wildman–Crippen LogP) is 6.08. The molecule has 0 aliphatic carbocycles. The Balaban J connectivity index is 1.27. The van der Waals surface area contributed by atoms with E-state index in [-0.39, 0.29) is 6.61 Å². The maximum Gasteiger partial charge on any atom is 0.343 e. The minimum absolute atomic E-state index is 0.227. The Bertz CT molecular complexity index is 1420. The van der Waals surface area contributed by atoms with Crippen molar-refractivity contribution in [3.63, 3.8) is 0 Å². The number of benzene rings is 4. The normalized spacial score (nSPS) is 10.7. The fourth-order valence-electron chi connectivity index (χ4n) is 3.37. The summed E-state index contributed by atoms with van der Waals surface area (Å²) in [5.74, 6) is 0.596. The van der Waals surface area contributed by atoms with Gasteiger partial charge in [0, 0.05) is 10.0 Å². The van der Waals surface area contributed by atoms with Crippen molar-refractivity contribution in [2.45, 2.75) is 13.5 Å². The molecule has 8 heteroatoms. The van der Waals surface area contributed by atoms with Crippen molar-refractivity contribution in [1.82, 2.24) is 5.43 Å². The van der Waals surface area contributed by atoms with Gasteiger partial charge in [-0.3, -0.25) is 4.79 Å². The number of hydrazone groups is 1. The second-order valence-corrected chi connectivity index (χ2v) is 9.18. The summed E-state index contributed by atoms with van der Waals surface area (Å²) in [4.78, 5) is 24.8. The molecule has 0 spiro atoms. The quantitative estimate of drug-likeness (QED) is 0.108. The molecule has 7 nitrogen and oxygen atoms in total. The van der Waals surface area contributed by atoms with Gasteiger partial charge in [0.1, 0.15) is 23.9 Å². The molecule has 4 aromatic rings. The number of carbonyl (C=O) groups excluding carboxylic acids is 2. The van der Waals surface area contributed by atoms with Crippen molar-refractivity contribution in [3.8, 4) is 17.2 Å². The van der Waals surface area contributed by atoms with E-state index in [1.54, 1.807) is 60.7 Å². The maximum absolute atomic E-state index is 12.6. The Hall–Kier alpha value is -4.43. The van der Waals surface area contributed by atoms with Gasteiger partial charge in [-0.15, -0.1) is 0 Å². The zero-order chi connectivity index (χ0) is 26.7. The fraction of sp³-hybridized carbons (Fsp3) is 0.100. The largest absolute Gasteiger partial charge is 0.489 e. The lowest BCUT2D eigenvalue weighted by Gasteiger charge is -2.09. The van der Waals surface area contributed by atoms with Gasteiger partial charge < -0.3 is 14.2 Å². The molecule has 0 unspecified atom stereocenters.